The van der Waals surface area contributed by atoms with Crippen LogP contribution in [0.5, 0.6) is 0 Å². The number of methoxy groups -OCH3 is 1. The van der Waals surface area contributed by atoms with Crippen LogP contribution in [0.15, 0.2) is 18.3 Å². The third kappa shape index (κ3) is 4.17. The molecule has 120 valence electrons. The van der Waals surface area contributed by atoms with Crippen LogP contribution in [0.2, 0.25) is 0 Å². The van der Waals surface area contributed by atoms with Crippen molar-refractivity contribution in [3.63, 3.8) is 0 Å². The summed E-state index contributed by atoms with van der Waals surface area (Å²) >= 11 is 0. The fourth-order valence-electron chi connectivity index (χ4n) is 2.23. The average molecular weight is 307 g/mol. The summed E-state index contributed by atoms with van der Waals surface area (Å²) in [7, 11) is 1.32. The molecule has 0 saturated carbocycles. The highest BCUT2D eigenvalue weighted by Gasteiger charge is 2.21. The van der Waals surface area contributed by atoms with Crippen molar-refractivity contribution >= 4 is 11.9 Å². The standard InChI is InChI=1S/C15H21N3O4/c1-11-13(9-18(17-11)12-6-8-22-10-12)15(20)16-7-4-3-5-14(19)21-2/h3,5,9,12H,4,6-8,10H2,1-2H3,(H,16,20)/b5-3+. The van der Waals surface area contributed by atoms with E-state index in [4.69, 9.17) is 4.74 Å². The smallest absolute Gasteiger partial charge is 0.330 e. The van der Waals surface area contributed by atoms with Crippen LogP contribution in [0, 0.1) is 6.92 Å². The number of aromatic nitrogens is 2. The molecule has 1 aromatic rings. The first-order valence-electron chi connectivity index (χ1n) is 7.28. The van der Waals surface area contributed by atoms with E-state index in [9.17, 15) is 9.59 Å². The van der Waals surface area contributed by atoms with Gasteiger partial charge in [-0.15, -0.1) is 0 Å². The van der Waals surface area contributed by atoms with Crippen molar-refractivity contribution in [2.24, 2.45) is 0 Å². The van der Waals surface area contributed by atoms with E-state index in [1.807, 2.05) is 11.6 Å². The number of carbonyl (C=O) groups is 2. The van der Waals surface area contributed by atoms with Gasteiger partial charge >= 0.3 is 5.97 Å². The number of amides is 1. The predicted octanol–water partition coefficient (Wildman–Crippen LogP) is 1.00. The van der Waals surface area contributed by atoms with Gasteiger partial charge in [0.2, 0.25) is 0 Å². The summed E-state index contributed by atoms with van der Waals surface area (Å²) in [6.45, 7) is 3.64. The van der Waals surface area contributed by atoms with E-state index < -0.39 is 5.97 Å². The maximum Gasteiger partial charge on any atom is 0.330 e. The molecule has 7 heteroatoms. The van der Waals surface area contributed by atoms with Gasteiger partial charge in [0, 0.05) is 25.4 Å². The monoisotopic (exact) mass is 307 g/mol. The van der Waals surface area contributed by atoms with Crippen molar-refractivity contribution < 1.29 is 19.1 Å². The quantitative estimate of drug-likeness (QED) is 0.482. The molecule has 1 fully saturated rings. The Morgan fingerprint density at radius 3 is 3.09 bits per heavy atom. The first kappa shape index (κ1) is 16.2. The van der Waals surface area contributed by atoms with Crippen LogP contribution in [0.25, 0.3) is 0 Å². The first-order valence-corrected chi connectivity index (χ1v) is 7.28. The molecule has 1 N–H and O–H groups in total. The molecule has 0 radical (unpaired) electrons. The van der Waals surface area contributed by atoms with E-state index in [1.165, 1.54) is 13.2 Å². The van der Waals surface area contributed by atoms with E-state index in [1.54, 1.807) is 12.3 Å². The van der Waals surface area contributed by atoms with Gasteiger partial charge in [-0.2, -0.15) is 5.10 Å². The van der Waals surface area contributed by atoms with Gasteiger partial charge in [-0.25, -0.2) is 4.79 Å². The van der Waals surface area contributed by atoms with Gasteiger partial charge in [0.15, 0.2) is 0 Å². The van der Waals surface area contributed by atoms with Crippen LogP contribution in [0.4, 0.5) is 0 Å². The second-order valence-electron chi connectivity index (χ2n) is 5.10. The molecule has 2 heterocycles. The lowest BCUT2D eigenvalue weighted by Gasteiger charge is -2.06. The number of carbonyl (C=O) groups excluding carboxylic acids is 2. The maximum absolute atomic E-state index is 12.1. The van der Waals surface area contributed by atoms with Crippen molar-refractivity contribution in [3.8, 4) is 0 Å². The molecular weight excluding hydrogens is 286 g/mol. The van der Waals surface area contributed by atoms with Crippen LogP contribution < -0.4 is 5.32 Å². The highest BCUT2D eigenvalue weighted by atomic mass is 16.5. The predicted molar refractivity (Wildman–Crippen MR) is 79.5 cm³/mol. The summed E-state index contributed by atoms with van der Waals surface area (Å²) in [6.07, 6.45) is 6.26. The molecule has 0 aromatic carbocycles. The number of ether oxygens (including phenoxy) is 2. The highest BCUT2D eigenvalue weighted by Crippen LogP contribution is 2.19. The first-order chi connectivity index (χ1) is 10.6. The molecule has 1 amide bonds. The maximum atomic E-state index is 12.1. The molecule has 1 aromatic heterocycles. The zero-order valence-electron chi connectivity index (χ0n) is 12.9. The number of hydrogen-bond acceptors (Lipinski definition) is 5. The van der Waals surface area contributed by atoms with E-state index in [-0.39, 0.29) is 11.9 Å². The Kier molecular flexibility index (Phi) is 5.71. The number of nitrogens with one attached hydrogen (secondary N) is 1. The third-order valence-electron chi connectivity index (χ3n) is 3.49. The summed E-state index contributed by atoms with van der Waals surface area (Å²) < 4.78 is 11.6. The Morgan fingerprint density at radius 2 is 2.41 bits per heavy atom. The molecule has 1 aliphatic rings. The summed E-state index contributed by atoms with van der Waals surface area (Å²) in [5, 5.41) is 7.20. The molecule has 7 nitrogen and oxygen atoms in total. The van der Waals surface area contributed by atoms with E-state index >= 15 is 0 Å². The average Bonchev–Trinajstić information content (AvgIpc) is 3.15. The van der Waals surface area contributed by atoms with Crippen molar-refractivity contribution in [1.82, 2.24) is 15.1 Å². The molecule has 0 spiro atoms. The fourth-order valence-corrected chi connectivity index (χ4v) is 2.23. The lowest BCUT2D eigenvalue weighted by molar-refractivity contribution is -0.134. The Bertz CT molecular complexity index is 559. The van der Waals surface area contributed by atoms with Crippen molar-refractivity contribution in [2.45, 2.75) is 25.8 Å². The summed E-state index contributed by atoms with van der Waals surface area (Å²) in [5.41, 5.74) is 1.28. The van der Waals surface area contributed by atoms with E-state index in [2.05, 4.69) is 15.2 Å². The lowest BCUT2D eigenvalue weighted by atomic mass is 10.2. The van der Waals surface area contributed by atoms with Gasteiger partial charge in [0.1, 0.15) is 0 Å². The fraction of sp³-hybridized carbons (Fsp3) is 0.533. The number of esters is 1. The van der Waals surface area contributed by atoms with Gasteiger partial charge in [0.05, 0.1) is 31.0 Å². The summed E-state index contributed by atoms with van der Waals surface area (Å²) in [4.78, 5) is 23.0. The summed E-state index contributed by atoms with van der Waals surface area (Å²) in [6, 6.07) is 0.211. The zero-order valence-corrected chi connectivity index (χ0v) is 12.9. The Labute approximate surface area is 129 Å². The Hall–Kier alpha value is -2.15. The zero-order chi connectivity index (χ0) is 15.9. The topological polar surface area (TPSA) is 82.5 Å². The number of rotatable bonds is 6. The van der Waals surface area contributed by atoms with Crippen molar-refractivity contribution in [3.05, 3.63) is 29.6 Å². The number of aryl methyl sites for hydroxylation is 1. The van der Waals surface area contributed by atoms with Crippen LogP contribution in [0.3, 0.4) is 0 Å². The molecule has 0 aliphatic carbocycles. The normalized spacial score (nSPS) is 17.8. The minimum atomic E-state index is -0.401. The van der Waals surface area contributed by atoms with Crippen LogP contribution >= 0.6 is 0 Å². The largest absolute Gasteiger partial charge is 0.466 e. The molecule has 1 unspecified atom stereocenters. The molecule has 1 saturated heterocycles. The highest BCUT2D eigenvalue weighted by molar-refractivity contribution is 5.95. The lowest BCUT2D eigenvalue weighted by Crippen LogP contribution is -2.24. The van der Waals surface area contributed by atoms with Crippen LogP contribution in [-0.2, 0) is 14.3 Å². The Balaban J connectivity index is 1.84. The van der Waals surface area contributed by atoms with Gasteiger partial charge in [-0.05, 0) is 19.8 Å². The molecular formula is C15H21N3O4. The third-order valence-corrected chi connectivity index (χ3v) is 3.49. The minimum Gasteiger partial charge on any atom is -0.466 e. The minimum absolute atomic E-state index is 0.158. The second-order valence-corrected chi connectivity index (χ2v) is 5.10. The van der Waals surface area contributed by atoms with E-state index in [0.717, 1.165) is 13.0 Å². The Morgan fingerprint density at radius 1 is 1.59 bits per heavy atom. The van der Waals surface area contributed by atoms with Crippen molar-refractivity contribution in [1.29, 1.82) is 0 Å². The van der Waals surface area contributed by atoms with Gasteiger partial charge < -0.3 is 14.8 Å². The van der Waals surface area contributed by atoms with Crippen LogP contribution in [-0.4, -0.2) is 48.5 Å². The molecule has 1 aliphatic heterocycles. The molecule has 22 heavy (non-hydrogen) atoms. The van der Waals surface area contributed by atoms with E-state index in [0.29, 0.717) is 30.8 Å². The van der Waals surface area contributed by atoms with Crippen LogP contribution in [0.1, 0.15) is 34.9 Å². The molecule has 2 rings (SSSR count). The van der Waals surface area contributed by atoms with Crippen molar-refractivity contribution in [2.75, 3.05) is 26.9 Å². The van der Waals surface area contributed by atoms with Gasteiger partial charge in [0.25, 0.3) is 5.91 Å². The number of nitrogens with zero attached hydrogens (tertiary/aromatic N) is 2. The van der Waals surface area contributed by atoms with Gasteiger partial charge in [-0.1, -0.05) is 6.08 Å². The summed E-state index contributed by atoms with van der Waals surface area (Å²) in [5.74, 6) is -0.559. The SMILES string of the molecule is COC(=O)/C=C/CCNC(=O)c1cn(C2CCOC2)nc1C. The molecule has 0 bridgehead atoms. The second kappa shape index (κ2) is 7.74. The number of hydrogen-bond donors (Lipinski definition) is 1. The molecule has 1 atom stereocenters. The van der Waals surface area contributed by atoms with Gasteiger partial charge in [-0.3, -0.25) is 9.48 Å².